The second kappa shape index (κ2) is 4.63. The molecule has 0 bridgehead atoms. The summed E-state index contributed by atoms with van der Waals surface area (Å²) < 4.78 is 2.11. The Bertz CT molecular complexity index is 548. The zero-order chi connectivity index (χ0) is 11.5. The maximum Gasteiger partial charge on any atom is 0.129 e. The molecule has 2 N–H and O–H groups in total. The van der Waals surface area contributed by atoms with Crippen LogP contribution in [-0.2, 0) is 6.42 Å². The first kappa shape index (κ1) is 11.1. The minimum Gasteiger partial charge on any atom is -0.338 e. The van der Waals surface area contributed by atoms with Gasteiger partial charge in [-0.25, -0.2) is 4.98 Å². The molecule has 5 heteroatoms. The normalized spacial score (nSPS) is 10.3. The lowest BCUT2D eigenvalue weighted by atomic mass is 10.1. The SMILES string of the molecule is Nn1c(Cc2ccc(Cl)nc2)cccc1=S. The van der Waals surface area contributed by atoms with Crippen molar-refractivity contribution in [2.24, 2.45) is 0 Å². The Kier molecular flexibility index (Phi) is 3.22. The van der Waals surface area contributed by atoms with E-state index in [0.29, 0.717) is 16.2 Å². The molecule has 0 spiro atoms. The van der Waals surface area contributed by atoms with Gasteiger partial charge in [-0.2, -0.15) is 0 Å². The van der Waals surface area contributed by atoms with Crippen molar-refractivity contribution in [1.82, 2.24) is 9.66 Å². The first-order chi connectivity index (χ1) is 7.66. The molecule has 0 amide bonds. The van der Waals surface area contributed by atoms with Gasteiger partial charge in [-0.15, -0.1) is 0 Å². The predicted molar refractivity (Wildman–Crippen MR) is 67.5 cm³/mol. The fourth-order valence-corrected chi connectivity index (χ4v) is 1.72. The van der Waals surface area contributed by atoms with Crippen molar-refractivity contribution in [2.45, 2.75) is 6.42 Å². The zero-order valence-corrected chi connectivity index (χ0v) is 10.0. The van der Waals surface area contributed by atoms with Crippen molar-refractivity contribution in [2.75, 3.05) is 5.84 Å². The van der Waals surface area contributed by atoms with E-state index >= 15 is 0 Å². The first-order valence-corrected chi connectivity index (χ1v) is 5.52. The Morgan fingerprint density at radius 1 is 1.31 bits per heavy atom. The number of nitrogens with zero attached hydrogens (tertiary/aromatic N) is 2. The molecule has 3 nitrogen and oxygen atoms in total. The second-order valence-electron chi connectivity index (χ2n) is 3.39. The van der Waals surface area contributed by atoms with Gasteiger partial charge >= 0.3 is 0 Å². The van der Waals surface area contributed by atoms with Crippen LogP contribution < -0.4 is 5.84 Å². The van der Waals surface area contributed by atoms with E-state index in [2.05, 4.69) is 4.98 Å². The highest BCUT2D eigenvalue weighted by molar-refractivity contribution is 7.71. The minimum atomic E-state index is 0.487. The van der Waals surface area contributed by atoms with E-state index in [1.807, 2.05) is 18.2 Å². The van der Waals surface area contributed by atoms with Gasteiger partial charge in [0.15, 0.2) is 0 Å². The van der Waals surface area contributed by atoms with Crippen LogP contribution in [0.15, 0.2) is 36.5 Å². The zero-order valence-electron chi connectivity index (χ0n) is 8.43. The van der Waals surface area contributed by atoms with E-state index in [-0.39, 0.29) is 0 Å². The molecular weight excluding hydrogens is 242 g/mol. The molecule has 82 valence electrons. The smallest absolute Gasteiger partial charge is 0.129 e. The average Bonchev–Trinajstić information content (AvgIpc) is 2.28. The van der Waals surface area contributed by atoms with Crippen LogP contribution in [0.25, 0.3) is 0 Å². The predicted octanol–water partition coefficient (Wildman–Crippen LogP) is 2.57. The number of halogens is 1. The van der Waals surface area contributed by atoms with Gasteiger partial charge in [-0.05, 0) is 23.8 Å². The highest BCUT2D eigenvalue weighted by Gasteiger charge is 2.00. The van der Waals surface area contributed by atoms with E-state index in [1.165, 1.54) is 4.68 Å². The van der Waals surface area contributed by atoms with Gasteiger partial charge in [0.2, 0.25) is 0 Å². The minimum absolute atomic E-state index is 0.487. The number of nitrogens with two attached hydrogens (primary N) is 1. The molecule has 0 fully saturated rings. The summed E-state index contributed by atoms with van der Waals surface area (Å²) in [5.74, 6) is 5.83. The van der Waals surface area contributed by atoms with Crippen LogP contribution in [0.2, 0.25) is 5.15 Å². The van der Waals surface area contributed by atoms with Crippen molar-refractivity contribution in [1.29, 1.82) is 0 Å². The Labute approximate surface area is 103 Å². The summed E-state index contributed by atoms with van der Waals surface area (Å²) >= 11 is 10.8. The molecule has 0 unspecified atom stereocenters. The van der Waals surface area contributed by atoms with Gasteiger partial charge in [0, 0.05) is 18.3 Å². The Morgan fingerprint density at radius 3 is 2.81 bits per heavy atom. The highest BCUT2D eigenvalue weighted by atomic mass is 35.5. The number of pyridine rings is 2. The number of rotatable bonds is 2. The molecule has 0 radical (unpaired) electrons. The van der Waals surface area contributed by atoms with Crippen LogP contribution in [0.5, 0.6) is 0 Å². The van der Waals surface area contributed by atoms with E-state index in [1.54, 1.807) is 18.3 Å². The average molecular weight is 252 g/mol. The van der Waals surface area contributed by atoms with Crippen LogP contribution in [0.4, 0.5) is 0 Å². The van der Waals surface area contributed by atoms with Crippen LogP contribution in [0.1, 0.15) is 11.3 Å². The van der Waals surface area contributed by atoms with E-state index in [9.17, 15) is 0 Å². The van der Waals surface area contributed by atoms with Gasteiger partial charge in [-0.1, -0.05) is 36.0 Å². The van der Waals surface area contributed by atoms with Gasteiger partial charge in [0.05, 0.1) is 0 Å². The van der Waals surface area contributed by atoms with E-state index in [0.717, 1.165) is 11.3 Å². The molecule has 2 rings (SSSR count). The van der Waals surface area contributed by atoms with Crippen molar-refractivity contribution >= 4 is 23.8 Å². The maximum atomic E-state index is 5.83. The quantitative estimate of drug-likeness (QED) is 0.507. The summed E-state index contributed by atoms with van der Waals surface area (Å²) in [4.78, 5) is 4.02. The van der Waals surface area contributed by atoms with Crippen LogP contribution in [0, 0.1) is 4.64 Å². The summed E-state index contributed by atoms with van der Waals surface area (Å²) in [6, 6.07) is 9.30. The summed E-state index contributed by atoms with van der Waals surface area (Å²) in [6.07, 6.45) is 2.42. The molecular formula is C11H10ClN3S. The maximum absolute atomic E-state index is 5.83. The van der Waals surface area contributed by atoms with Crippen LogP contribution in [-0.4, -0.2) is 9.66 Å². The van der Waals surface area contributed by atoms with Gasteiger partial charge in [0.25, 0.3) is 0 Å². The van der Waals surface area contributed by atoms with Crippen molar-refractivity contribution in [3.8, 4) is 0 Å². The lowest BCUT2D eigenvalue weighted by molar-refractivity contribution is 0.872. The van der Waals surface area contributed by atoms with Crippen molar-refractivity contribution in [3.63, 3.8) is 0 Å². The fourth-order valence-electron chi connectivity index (χ4n) is 1.41. The molecule has 0 saturated carbocycles. The molecule has 0 aliphatic heterocycles. The molecule has 2 aromatic heterocycles. The third-order valence-corrected chi connectivity index (χ3v) is 2.80. The molecule has 2 aromatic rings. The van der Waals surface area contributed by atoms with Gasteiger partial charge in [-0.3, -0.25) is 4.68 Å². The lowest BCUT2D eigenvalue weighted by Crippen LogP contribution is -2.15. The Hall–Kier alpha value is -1.39. The van der Waals surface area contributed by atoms with Crippen LogP contribution in [0.3, 0.4) is 0 Å². The van der Waals surface area contributed by atoms with Gasteiger partial charge in [0.1, 0.15) is 9.79 Å². The standard InChI is InChI=1S/C11H10ClN3S/c12-10-5-4-8(7-14-10)6-9-2-1-3-11(16)15(9)13/h1-5,7H,6,13H2. The Morgan fingerprint density at radius 2 is 2.12 bits per heavy atom. The molecule has 0 aliphatic rings. The first-order valence-electron chi connectivity index (χ1n) is 4.73. The highest BCUT2D eigenvalue weighted by Crippen LogP contribution is 2.10. The topological polar surface area (TPSA) is 43.8 Å². The molecule has 16 heavy (non-hydrogen) atoms. The molecule has 0 aromatic carbocycles. The molecule has 0 atom stereocenters. The lowest BCUT2D eigenvalue weighted by Gasteiger charge is -2.08. The van der Waals surface area contributed by atoms with Gasteiger partial charge < -0.3 is 5.84 Å². The third-order valence-electron chi connectivity index (χ3n) is 2.25. The molecule has 0 aliphatic carbocycles. The summed E-state index contributed by atoms with van der Waals surface area (Å²) in [5.41, 5.74) is 1.99. The Balaban J connectivity index is 2.30. The van der Waals surface area contributed by atoms with Crippen molar-refractivity contribution in [3.05, 3.63) is 57.6 Å². The number of hydrogen-bond acceptors (Lipinski definition) is 3. The molecule has 2 heterocycles. The monoisotopic (exact) mass is 251 g/mol. The third kappa shape index (κ3) is 2.40. The largest absolute Gasteiger partial charge is 0.338 e. The fraction of sp³-hybridized carbons (Fsp3) is 0.0909. The van der Waals surface area contributed by atoms with E-state index < -0.39 is 0 Å². The number of aromatic nitrogens is 2. The molecule has 0 saturated heterocycles. The van der Waals surface area contributed by atoms with Crippen LogP contribution >= 0.6 is 23.8 Å². The summed E-state index contributed by atoms with van der Waals surface area (Å²) in [5, 5.41) is 0.487. The second-order valence-corrected chi connectivity index (χ2v) is 4.20. The number of hydrogen-bond donors (Lipinski definition) is 1. The van der Waals surface area contributed by atoms with E-state index in [4.69, 9.17) is 29.7 Å². The summed E-state index contributed by atoms with van der Waals surface area (Å²) in [7, 11) is 0. The number of nitrogen functional groups attached to an aromatic ring is 1. The summed E-state index contributed by atoms with van der Waals surface area (Å²) in [6.45, 7) is 0. The van der Waals surface area contributed by atoms with Crippen molar-refractivity contribution < 1.29 is 0 Å².